The topological polar surface area (TPSA) is 43.4 Å². The summed E-state index contributed by atoms with van der Waals surface area (Å²) in [6, 6.07) is 9.25. The first-order valence-corrected chi connectivity index (χ1v) is 6.19. The minimum absolute atomic E-state index is 0.168. The van der Waals surface area contributed by atoms with Crippen molar-refractivity contribution < 1.29 is 9.90 Å². The molecular formula is C15H18NO2-. The second kappa shape index (κ2) is 4.94. The average Bonchev–Trinajstić information content (AvgIpc) is 2.39. The van der Waals surface area contributed by atoms with E-state index in [1.807, 2.05) is 55.4 Å². The molecule has 0 spiro atoms. The van der Waals surface area contributed by atoms with Crippen LogP contribution in [0.15, 0.2) is 42.5 Å². The van der Waals surface area contributed by atoms with E-state index in [1.54, 1.807) is 0 Å². The van der Waals surface area contributed by atoms with Gasteiger partial charge in [0.1, 0.15) is 0 Å². The van der Waals surface area contributed by atoms with E-state index in [0.29, 0.717) is 6.42 Å². The smallest absolute Gasteiger partial charge is 0.0542 e. The molecule has 1 aromatic rings. The fourth-order valence-electron chi connectivity index (χ4n) is 2.85. The zero-order chi connectivity index (χ0) is 13.2. The summed E-state index contributed by atoms with van der Waals surface area (Å²) >= 11 is 0. The van der Waals surface area contributed by atoms with Crippen molar-refractivity contribution in [1.82, 2.24) is 4.90 Å². The van der Waals surface area contributed by atoms with Gasteiger partial charge in [-0.15, -0.1) is 0 Å². The van der Waals surface area contributed by atoms with Crippen molar-refractivity contribution in [3.8, 4) is 0 Å². The van der Waals surface area contributed by atoms with Gasteiger partial charge in [0.2, 0.25) is 0 Å². The quantitative estimate of drug-likeness (QED) is 0.744. The van der Waals surface area contributed by atoms with Gasteiger partial charge in [-0.2, -0.15) is 0 Å². The Kier molecular flexibility index (Phi) is 3.53. The van der Waals surface area contributed by atoms with E-state index in [4.69, 9.17) is 0 Å². The molecule has 0 aromatic heterocycles. The zero-order valence-corrected chi connectivity index (χ0v) is 10.8. The number of hydrogen-bond acceptors (Lipinski definition) is 3. The van der Waals surface area contributed by atoms with Crippen LogP contribution < -0.4 is 5.11 Å². The van der Waals surface area contributed by atoms with Crippen LogP contribution in [0.1, 0.15) is 18.4 Å². The van der Waals surface area contributed by atoms with Crippen molar-refractivity contribution in [1.29, 1.82) is 0 Å². The van der Waals surface area contributed by atoms with Gasteiger partial charge in [0, 0.05) is 6.04 Å². The van der Waals surface area contributed by atoms with Crippen molar-refractivity contribution >= 4 is 5.97 Å². The lowest BCUT2D eigenvalue weighted by Gasteiger charge is -2.45. The van der Waals surface area contributed by atoms with E-state index in [9.17, 15) is 9.90 Å². The number of carbonyl (C=O) groups is 1. The molecule has 1 aromatic carbocycles. The molecule has 2 atom stereocenters. The van der Waals surface area contributed by atoms with Crippen molar-refractivity contribution in [2.24, 2.45) is 0 Å². The van der Waals surface area contributed by atoms with Gasteiger partial charge < -0.3 is 14.8 Å². The fourth-order valence-corrected chi connectivity index (χ4v) is 2.85. The highest BCUT2D eigenvalue weighted by molar-refractivity contribution is 5.81. The highest BCUT2D eigenvalue weighted by Gasteiger charge is 2.42. The average molecular weight is 244 g/mol. The lowest BCUT2D eigenvalue weighted by atomic mass is 9.68. The number of carboxylic acids is 1. The number of carbonyl (C=O) groups excluding carboxylic acids is 1. The fraction of sp³-hybridized carbons (Fsp3) is 0.400. The van der Waals surface area contributed by atoms with Crippen LogP contribution in [0.2, 0.25) is 0 Å². The summed E-state index contributed by atoms with van der Waals surface area (Å²) < 4.78 is 0. The van der Waals surface area contributed by atoms with Gasteiger partial charge in [0.05, 0.1) is 11.4 Å². The van der Waals surface area contributed by atoms with Crippen LogP contribution in [0.5, 0.6) is 0 Å². The van der Waals surface area contributed by atoms with Crippen LogP contribution in [-0.2, 0) is 10.2 Å². The molecule has 1 aliphatic rings. The number of rotatable bonds is 3. The molecule has 0 saturated heterocycles. The number of aliphatic carboxylic acids is 1. The summed E-state index contributed by atoms with van der Waals surface area (Å²) in [7, 11) is 3.81. The maximum atomic E-state index is 11.8. The molecule has 0 heterocycles. The lowest BCUT2D eigenvalue weighted by molar-refractivity contribution is -0.316. The highest BCUT2D eigenvalue weighted by atomic mass is 16.4. The number of nitrogens with zero attached hydrogens (tertiary/aromatic N) is 1. The number of allylic oxidation sites excluding steroid dienone is 1. The van der Waals surface area contributed by atoms with Gasteiger partial charge in [-0.3, -0.25) is 0 Å². The van der Waals surface area contributed by atoms with Crippen LogP contribution in [0.4, 0.5) is 0 Å². The third-order valence-corrected chi connectivity index (χ3v) is 3.74. The Hall–Kier alpha value is -1.61. The van der Waals surface area contributed by atoms with Gasteiger partial charge in [-0.25, -0.2) is 0 Å². The Labute approximate surface area is 108 Å². The van der Waals surface area contributed by atoms with Gasteiger partial charge in [0.25, 0.3) is 0 Å². The maximum Gasteiger partial charge on any atom is 0.0542 e. The number of carboxylic acid groups (broad SMARTS) is 1. The van der Waals surface area contributed by atoms with E-state index >= 15 is 0 Å². The summed E-state index contributed by atoms with van der Waals surface area (Å²) in [6.45, 7) is 0. The molecule has 0 fully saturated rings. The normalized spacial score (nSPS) is 27.4. The molecule has 3 nitrogen and oxygen atoms in total. The Morgan fingerprint density at radius 1 is 1.33 bits per heavy atom. The predicted molar refractivity (Wildman–Crippen MR) is 69.0 cm³/mol. The summed E-state index contributed by atoms with van der Waals surface area (Å²) in [4.78, 5) is 13.8. The molecule has 18 heavy (non-hydrogen) atoms. The molecule has 2 unspecified atom stereocenters. The second-order valence-electron chi connectivity index (χ2n) is 5.00. The van der Waals surface area contributed by atoms with Crippen molar-refractivity contribution in [2.45, 2.75) is 24.3 Å². The first-order chi connectivity index (χ1) is 8.59. The van der Waals surface area contributed by atoms with Crippen LogP contribution >= 0.6 is 0 Å². The third-order valence-electron chi connectivity index (χ3n) is 3.74. The van der Waals surface area contributed by atoms with Gasteiger partial charge in [0.15, 0.2) is 0 Å². The van der Waals surface area contributed by atoms with Gasteiger partial charge in [-0.1, -0.05) is 42.5 Å². The minimum atomic E-state index is -0.989. The molecule has 0 radical (unpaired) electrons. The van der Waals surface area contributed by atoms with Gasteiger partial charge >= 0.3 is 0 Å². The van der Waals surface area contributed by atoms with Crippen LogP contribution in [0, 0.1) is 0 Å². The molecule has 0 aliphatic heterocycles. The van der Waals surface area contributed by atoms with Crippen LogP contribution in [0.25, 0.3) is 0 Å². The number of benzene rings is 1. The summed E-state index contributed by atoms with van der Waals surface area (Å²) in [5.74, 6) is -0.989. The Bertz CT molecular complexity index is 453. The zero-order valence-electron chi connectivity index (χ0n) is 10.8. The van der Waals surface area contributed by atoms with Crippen molar-refractivity contribution in [3.05, 3.63) is 48.0 Å². The first-order valence-electron chi connectivity index (χ1n) is 6.19. The first kappa shape index (κ1) is 12.8. The van der Waals surface area contributed by atoms with E-state index in [1.165, 1.54) is 0 Å². The molecular weight excluding hydrogens is 226 g/mol. The molecule has 0 N–H and O–H groups in total. The molecule has 1 aliphatic carbocycles. The van der Waals surface area contributed by atoms with E-state index in [-0.39, 0.29) is 6.04 Å². The largest absolute Gasteiger partial charge is 0.549 e. The minimum Gasteiger partial charge on any atom is -0.549 e. The molecule has 3 heteroatoms. The monoisotopic (exact) mass is 244 g/mol. The summed E-state index contributed by atoms with van der Waals surface area (Å²) in [5, 5.41) is 11.8. The second-order valence-corrected chi connectivity index (χ2v) is 5.00. The van der Waals surface area contributed by atoms with Crippen molar-refractivity contribution in [3.63, 3.8) is 0 Å². The van der Waals surface area contributed by atoms with Crippen LogP contribution in [-0.4, -0.2) is 31.0 Å². The summed E-state index contributed by atoms with van der Waals surface area (Å²) in [5.41, 5.74) is -0.118. The predicted octanol–water partition coefficient (Wildman–Crippen LogP) is 0.954. The molecule has 0 amide bonds. The van der Waals surface area contributed by atoms with E-state index in [2.05, 4.69) is 6.08 Å². The Morgan fingerprint density at radius 3 is 2.56 bits per heavy atom. The molecule has 0 saturated carbocycles. The summed E-state index contributed by atoms with van der Waals surface area (Å²) in [6.07, 6.45) is 5.38. The molecule has 0 bridgehead atoms. The number of likely N-dealkylation sites (N-methyl/N-ethyl adjacent to an activating group) is 1. The Balaban J connectivity index is 2.56. The van der Waals surface area contributed by atoms with E-state index in [0.717, 1.165) is 12.0 Å². The maximum absolute atomic E-state index is 11.8. The standard InChI is InChI=1S/C15H19NO2/c1-16(2)13-10-6-7-11-15(13,14(17)18)12-8-4-3-5-9-12/h3-6,8-10,13H,7,11H2,1-2H3,(H,17,18)/p-1. The van der Waals surface area contributed by atoms with Gasteiger partial charge in [-0.05, 0) is 32.5 Å². The Morgan fingerprint density at radius 2 is 2.00 bits per heavy atom. The lowest BCUT2D eigenvalue weighted by Crippen LogP contribution is -2.58. The van der Waals surface area contributed by atoms with Crippen LogP contribution in [0.3, 0.4) is 0 Å². The van der Waals surface area contributed by atoms with E-state index < -0.39 is 11.4 Å². The third kappa shape index (κ3) is 1.95. The molecule has 96 valence electrons. The number of hydrogen-bond donors (Lipinski definition) is 0. The van der Waals surface area contributed by atoms with Crippen molar-refractivity contribution in [2.75, 3.05) is 14.1 Å². The SMILES string of the molecule is CN(C)C1C=CCCC1(C(=O)[O-])c1ccccc1. The molecule has 2 rings (SSSR count). The highest BCUT2D eigenvalue weighted by Crippen LogP contribution is 2.38.